The van der Waals surface area contributed by atoms with Crippen molar-refractivity contribution in [2.75, 3.05) is 5.75 Å². The Bertz CT molecular complexity index is 84.1. The summed E-state index contributed by atoms with van der Waals surface area (Å²) in [6.07, 6.45) is 1.71. The number of nitrogens with two attached hydrogens (primary N) is 1. The quantitative estimate of drug-likeness (QED) is 0.334. The highest BCUT2D eigenvalue weighted by Gasteiger charge is 1.81. The van der Waals surface area contributed by atoms with Crippen molar-refractivity contribution in [1.29, 1.82) is 5.41 Å². The van der Waals surface area contributed by atoms with E-state index in [0.717, 1.165) is 5.75 Å². The van der Waals surface area contributed by atoms with Crippen molar-refractivity contribution in [3.05, 3.63) is 12.7 Å². The Morgan fingerprint density at radius 3 is 2.50 bits per heavy atom. The van der Waals surface area contributed by atoms with Gasteiger partial charge in [-0.15, -0.1) is 30.6 Å². The zero-order chi connectivity index (χ0) is 5.70. The number of thioether (sulfide) groups is 1. The molecule has 3 N–H and O–H groups in total. The summed E-state index contributed by atoms with van der Waals surface area (Å²) in [5.74, 6) is 0.731. The minimum atomic E-state index is 0. The fourth-order valence-corrected chi connectivity index (χ4v) is 0.446. The largest absolute Gasteiger partial charge is 0.379 e. The molecule has 0 fully saturated rings. The van der Waals surface area contributed by atoms with Gasteiger partial charge >= 0.3 is 0 Å². The molecule has 4 heteroatoms. The molecular formula is C4H9IN2S. The van der Waals surface area contributed by atoms with E-state index < -0.39 is 0 Å². The van der Waals surface area contributed by atoms with Gasteiger partial charge in [0.25, 0.3) is 0 Å². The molecule has 0 aromatic heterocycles. The van der Waals surface area contributed by atoms with E-state index in [1.54, 1.807) is 6.08 Å². The average Bonchev–Trinajstić information content (AvgIpc) is 1.61. The van der Waals surface area contributed by atoms with Crippen LogP contribution in [0.5, 0.6) is 0 Å². The van der Waals surface area contributed by atoms with Crippen LogP contribution in [0.1, 0.15) is 0 Å². The smallest absolute Gasteiger partial charge is 0.151 e. The van der Waals surface area contributed by atoms with Gasteiger partial charge in [0.15, 0.2) is 5.17 Å². The molecule has 48 valence electrons. The molecule has 0 aliphatic carbocycles. The zero-order valence-corrected chi connectivity index (χ0v) is 7.53. The second kappa shape index (κ2) is 7.29. The molecule has 0 rings (SSSR count). The van der Waals surface area contributed by atoms with Gasteiger partial charge in [0, 0.05) is 5.75 Å². The van der Waals surface area contributed by atoms with Crippen molar-refractivity contribution < 1.29 is 0 Å². The number of amidine groups is 1. The second-order valence-corrected chi connectivity index (χ2v) is 2.03. The highest BCUT2D eigenvalue weighted by atomic mass is 127. The van der Waals surface area contributed by atoms with Gasteiger partial charge in [0.2, 0.25) is 0 Å². The second-order valence-electron chi connectivity index (χ2n) is 0.964. The Balaban J connectivity index is 0. The lowest BCUT2D eigenvalue weighted by Gasteiger charge is -1.87. The molecule has 0 spiro atoms. The monoisotopic (exact) mass is 244 g/mol. The maximum absolute atomic E-state index is 6.69. The standard InChI is InChI=1S/C4H8N2S.HI/c1-2-3-7-4(5)6;/h2H,1,3H2,(H3,5,6);1H. The van der Waals surface area contributed by atoms with Crippen molar-refractivity contribution in [2.45, 2.75) is 0 Å². The molecule has 0 saturated carbocycles. The highest BCUT2D eigenvalue weighted by Crippen LogP contribution is 1.94. The van der Waals surface area contributed by atoms with Crippen LogP contribution in [-0.2, 0) is 0 Å². The predicted octanol–water partition coefficient (Wildman–Crippen LogP) is 1.42. The van der Waals surface area contributed by atoms with E-state index in [2.05, 4.69) is 6.58 Å². The third kappa shape index (κ3) is 9.56. The van der Waals surface area contributed by atoms with Gasteiger partial charge in [-0.1, -0.05) is 17.8 Å². The molecule has 0 aromatic carbocycles. The van der Waals surface area contributed by atoms with Crippen molar-refractivity contribution in [3.8, 4) is 0 Å². The molecule has 8 heavy (non-hydrogen) atoms. The fraction of sp³-hybridized carbons (Fsp3) is 0.250. The van der Waals surface area contributed by atoms with Crippen LogP contribution in [0.15, 0.2) is 12.7 Å². The van der Waals surface area contributed by atoms with Gasteiger partial charge in [-0.25, -0.2) is 0 Å². The number of rotatable bonds is 2. The van der Waals surface area contributed by atoms with Crippen LogP contribution in [0.25, 0.3) is 0 Å². The fourth-order valence-electron chi connectivity index (χ4n) is 0.149. The van der Waals surface area contributed by atoms with Crippen LogP contribution in [0.4, 0.5) is 0 Å². The number of nitrogens with one attached hydrogen (secondary N) is 1. The van der Waals surface area contributed by atoms with E-state index in [9.17, 15) is 0 Å². The van der Waals surface area contributed by atoms with Gasteiger partial charge in [-0.05, 0) is 0 Å². The van der Waals surface area contributed by atoms with E-state index in [-0.39, 0.29) is 29.1 Å². The van der Waals surface area contributed by atoms with Crippen LogP contribution in [0, 0.1) is 5.41 Å². The van der Waals surface area contributed by atoms with Gasteiger partial charge in [0.1, 0.15) is 0 Å². The van der Waals surface area contributed by atoms with E-state index >= 15 is 0 Å². The van der Waals surface area contributed by atoms with E-state index in [4.69, 9.17) is 11.1 Å². The molecular weight excluding hydrogens is 235 g/mol. The van der Waals surface area contributed by atoms with Gasteiger partial charge in [-0.2, -0.15) is 0 Å². The molecule has 0 heterocycles. The molecule has 0 aromatic rings. The topological polar surface area (TPSA) is 49.9 Å². The third-order valence-electron chi connectivity index (χ3n) is 0.357. The summed E-state index contributed by atoms with van der Waals surface area (Å²) < 4.78 is 0. The van der Waals surface area contributed by atoms with E-state index in [1.165, 1.54) is 11.8 Å². The molecule has 0 aliphatic rings. The molecule has 0 saturated heterocycles. The molecule has 2 nitrogen and oxygen atoms in total. The molecule has 0 unspecified atom stereocenters. The maximum atomic E-state index is 6.69. The molecule has 0 amide bonds. The Morgan fingerprint density at radius 2 is 2.38 bits per heavy atom. The first-order valence-electron chi connectivity index (χ1n) is 1.85. The first-order valence-corrected chi connectivity index (χ1v) is 2.83. The lowest BCUT2D eigenvalue weighted by molar-refractivity contribution is 1.50. The molecule has 0 radical (unpaired) electrons. The maximum Gasteiger partial charge on any atom is 0.151 e. The SMILES string of the molecule is C=CCSC(=N)N.I. The Kier molecular flexibility index (Phi) is 10.1. The molecule has 0 atom stereocenters. The summed E-state index contributed by atoms with van der Waals surface area (Å²) in [6, 6.07) is 0. The number of hydrogen-bond donors (Lipinski definition) is 2. The third-order valence-corrected chi connectivity index (χ3v) is 1.07. The summed E-state index contributed by atoms with van der Waals surface area (Å²) in [7, 11) is 0. The number of hydrogen-bond acceptors (Lipinski definition) is 2. The first-order chi connectivity index (χ1) is 3.27. The highest BCUT2D eigenvalue weighted by molar-refractivity contribution is 14.0. The Hall–Kier alpha value is 0.290. The van der Waals surface area contributed by atoms with Crippen molar-refractivity contribution in [1.82, 2.24) is 0 Å². The van der Waals surface area contributed by atoms with Crippen LogP contribution in [0.2, 0.25) is 0 Å². The minimum absolute atomic E-state index is 0. The minimum Gasteiger partial charge on any atom is -0.379 e. The summed E-state index contributed by atoms with van der Waals surface area (Å²) in [5.41, 5.74) is 4.98. The lowest BCUT2D eigenvalue weighted by Crippen LogP contribution is -2.03. The van der Waals surface area contributed by atoms with Crippen molar-refractivity contribution in [3.63, 3.8) is 0 Å². The summed E-state index contributed by atoms with van der Waals surface area (Å²) in [4.78, 5) is 0. The Morgan fingerprint density at radius 1 is 1.88 bits per heavy atom. The summed E-state index contributed by atoms with van der Waals surface area (Å²) >= 11 is 1.27. The zero-order valence-electron chi connectivity index (χ0n) is 4.39. The molecule has 0 bridgehead atoms. The summed E-state index contributed by atoms with van der Waals surface area (Å²) in [5, 5.41) is 6.84. The normalized spacial score (nSPS) is 7.00. The van der Waals surface area contributed by atoms with Gasteiger partial charge in [-0.3, -0.25) is 5.41 Å². The van der Waals surface area contributed by atoms with Crippen LogP contribution < -0.4 is 5.73 Å². The average molecular weight is 244 g/mol. The summed E-state index contributed by atoms with van der Waals surface area (Å²) in [6.45, 7) is 3.46. The first kappa shape index (κ1) is 11.1. The van der Waals surface area contributed by atoms with E-state index in [0.29, 0.717) is 0 Å². The van der Waals surface area contributed by atoms with Crippen LogP contribution in [-0.4, -0.2) is 10.9 Å². The molecule has 0 aliphatic heterocycles. The van der Waals surface area contributed by atoms with Gasteiger partial charge in [0.05, 0.1) is 0 Å². The van der Waals surface area contributed by atoms with Crippen LogP contribution >= 0.6 is 35.7 Å². The Labute approximate surface area is 70.4 Å². The van der Waals surface area contributed by atoms with Gasteiger partial charge < -0.3 is 5.73 Å². The lowest BCUT2D eigenvalue weighted by atomic mass is 10.8. The van der Waals surface area contributed by atoms with Crippen LogP contribution in [0.3, 0.4) is 0 Å². The predicted molar refractivity (Wildman–Crippen MR) is 50.0 cm³/mol. The van der Waals surface area contributed by atoms with Crippen molar-refractivity contribution in [2.24, 2.45) is 5.73 Å². The number of halogens is 1. The van der Waals surface area contributed by atoms with Crippen molar-refractivity contribution >= 4 is 40.9 Å². The van der Waals surface area contributed by atoms with E-state index in [1.807, 2.05) is 0 Å².